The van der Waals surface area contributed by atoms with E-state index in [9.17, 15) is 4.79 Å². The molecule has 1 amide bonds. The van der Waals surface area contributed by atoms with E-state index in [1.165, 1.54) is 0 Å². The Morgan fingerprint density at radius 2 is 1.83 bits per heavy atom. The van der Waals surface area contributed by atoms with Gasteiger partial charge in [-0.15, -0.1) is 0 Å². The fourth-order valence-electron chi connectivity index (χ4n) is 1.55. The molecule has 0 fully saturated rings. The van der Waals surface area contributed by atoms with E-state index in [-0.39, 0.29) is 30.4 Å². The van der Waals surface area contributed by atoms with Gasteiger partial charge in [0.15, 0.2) is 0 Å². The normalized spacial score (nSPS) is 15.8. The van der Waals surface area contributed by atoms with Crippen LogP contribution >= 0.6 is 15.9 Å². The van der Waals surface area contributed by atoms with Gasteiger partial charge in [0.05, 0.1) is 5.92 Å². The Morgan fingerprint density at radius 3 is 2.33 bits per heavy atom. The molecule has 3 atom stereocenters. The Balaban J connectivity index is 2.64. The molecule has 1 aromatic carbocycles. The van der Waals surface area contributed by atoms with Crippen molar-refractivity contribution in [2.45, 2.75) is 32.7 Å². The van der Waals surface area contributed by atoms with Crippen LogP contribution in [0.1, 0.15) is 32.3 Å². The number of benzene rings is 1. The summed E-state index contributed by atoms with van der Waals surface area (Å²) in [5, 5.41) is 12.0. The minimum atomic E-state index is -0.188. The monoisotopic (exact) mass is 313 g/mol. The third-order valence-electron chi connectivity index (χ3n) is 3.27. The second-order valence-corrected chi connectivity index (χ2v) is 5.65. The summed E-state index contributed by atoms with van der Waals surface area (Å²) in [4.78, 5) is 12.1. The van der Waals surface area contributed by atoms with Crippen LogP contribution in [-0.2, 0) is 4.79 Å². The number of rotatable bonds is 5. The third-order valence-corrected chi connectivity index (χ3v) is 3.80. The van der Waals surface area contributed by atoms with E-state index in [0.29, 0.717) is 0 Å². The summed E-state index contributed by atoms with van der Waals surface area (Å²) in [6, 6.07) is 7.71. The molecule has 3 unspecified atom stereocenters. The molecule has 0 spiro atoms. The highest BCUT2D eigenvalue weighted by atomic mass is 79.9. The number of aliphatic hydroxyl groups excluding tert-OH is 1. The van der Waals surface area contributed by atoms with Gasteiger partial charge in [-0.2, -0.15) is 0 Å². The van der Waals surface area contributed by atoms with Gasteiger partial charge in [-0.25, -0.2) is 0 Å². The summed E-state index contributed by atoms with van der Waals surface area (Å²) in [7, 11) is 0. The number of carbonyl (C=O) groups is 1. The number of carbonyl (C=O) groups excluding carboxylic acids is 1. The predicted molar refractivity (Wildman–Crippen MR) is 76.4 cm³/mol. The Hall–Kier alpha value is -0.870. The lowest BCUT2D eigenvalue weighted by Crippen LogP contribution is -2.40. The number of hydrogen-bond donors (Lipinski definition) is 2. The van der Waals surface area contributed by atoms with E-state index < -0.39 is 0 Å². The number of aliphatic hydroxyl groups is 1. The quantitative estimate of drug-likeness (QED) is 0.878. The van der Waals surface area contributed by atoms with Gasteiger partial charge >= 0.3 is 0 Å². The molecule has 0 heterocycles. The first-order valence-electron chi connectivity index (χ1n) is 6.12. The van der Waals surface area contributed by atoms with Gasteiger partial charge in [0.25, 0.3) is 0 Å². The van der Waals surface area contributed by atoms with Crippen molar-refractivity contribution in [1.29, 1.82) is 0 Å². The predicted octanol–water partition coefficient (Wildman–Crippen LogP) is 2.69. The second kappa shape index (κ2) is 6.90. The standard InChI is InChI=1S/C14H20BrNO2/c1-9(8-17)11(3)16-14(18)10(2)12-4-6-13(15)7-5-12/h4-7,9-11,17H,8H2,1-3H3,(H,16,18). The van der Waals surface area contributed by atoms with Crippen molar-refractivity contribution in [2.24, 2.45) is 5.92 Å². The van der Waals surface area contributed by atoms with Crippen LogP contribution < -0.4 is 5.32 Å². The maximum Gasteiger partial charge on any atom is 0.227 e. The average Bonchev–Trinajstić information content (AvgIpc) is 2.37. The highest BCUT2D eigenvalue weighted by molar-refractivity contribution is 9.10. The first-order valence-corrected chi connectivity index (χ1v) is 6.91. The number of halogens is 1. The molecule has 0 radical (unpaired) electrons. The van der Waals surface area contributed by atoms with Crippen LogP contribution in [0.3, 0.4) is 0 Å². The van der Waals surface area contributed by atoms with Gasteiger partial charge in [0.1, 0.15) is 0 Å². The van der Waals surface area contributed by atoms with Gasteiger partial charge in [-0.3, -0.25) is 4.79 Å². The molecule has 100 valence electrons. The van der Waals surface area contributed by atoms with Gasteiger partial charge in [-0.1, -0.05) is 35.0 Å². The van der Waals surface area contributed by atoms with Gasteiger partial charge < -0.3 is 10.4 Å². The molecular weight excluding hydrogens is 294 g/mol. The van der Waals surface area contributed by atoms with Crippen LogP contribution in [0.5, 0.6) is 0 Å². The van der Waals surface area contributed by atoms with Crippen LogP contribution in [0, 0.1) is 5.92 Å². The van der Waals surface area contributed by atoms with E-state index in [1.54, 1.807) is 0 Å². The van der Waals surface area contributed by atoms with Crippen molar-refractivity contribution in [3.05, 3.63) is 34.3 Å². The summed E-state index contributed by atoms with van der Waals surface area (Å²) in [6.45, 7) is 5.78. The molecule has 0 aromatic heterocycles. The number of amides is 1. The molecule has 3 nitrogen and oxygen atoms in total. The second-order valence-electron chi connectivity index (χ2n) is 4.73. The number of nitrogens with one attached hydrogen (secondary N) is 1. The first-order chi connectivity index (χ1) is 8.45. The van der Waals surface area contributed by atoms with Crippen molar-refractivity contribution in [3.8, 4) is 0 Å². The summed E-state index contributed by atoms with van der Waals surface area (Å²) < 4.78 is 1.00. The zero-order valence-electron chi connectivity index (χ0n) is 11.0. The largest absolute Gasteiger partial charge is 0.396 e. The lowest BCUT2D eigenvalue weighted by atomic mass is 9.98. The molecule has 0 aliphatic carbocycles. The molecule has 1 aromatic rings. The highest BCUT2D eigenvalue weighted by Crippen LogP contribution is 2.19. The maximum atomic E-state index is 12.1. The molecule has 0 saturated heterocycles. The fourth-order valence-corrected chi connectivity index (χ4v) is 1.82. The van der Waals surface area contributed by atoms with E-state index in [4.69, 9.17) is 5.11 Å². The summed E-state index contributed by atoms with van der Waals surface area (Å²) in [5.41, 5.74) is 0.986. The van der Waals surface area contributed by atoms with E-state index >= 15 is 0 Å². The zero-order valence-corrected chi connectivity index (χ0v) is 12.6. The lowest BCUT2D eigenvalue weighted by molar-refractivity contribution is -0.123. The first kappa shape index (κ1) is 15.2. The number of hydrogen-bond acceptors (Lipinski definition) is 2. The highest BCUT2D eigenvalue weighted by Gasteiger charge is 2.19. The maximum absolute atomic E-state index is 12.1. The van der Waals surface area contributed by atoms with Crippen LogP contribution in [0.4, 0.5) is 0 Å². The van der Waals surface area contributed by atoms with Crippen molar-refractivity contribution in [1.82, 2.24) is 5.32 Å². The SMILES string of the molecule is CC(C(=O)NC(C)C(C)CO)c1ccc(Br)cc1. The van der Waals surface area contributed by atoms with Gasteiger partial charge in [0, 0.05) is 17.1 Å². The minimum absolute atomic E-state index is 0.00915. The van der Waals surface area contributed by atoms with Crippen molar-refractivity contribution in [3.63, 3.8) is 0 Å². The van der Waals surface area contributed by atoms with E-state index in [2.05, 4.69) is 21.2 Å². The smallest absolute Gasteiger partial charge is 0.227 e. The molecule has 0 aliphatic heterocycles. The Bertz CT molecular complexity index is 391. The molecular formula is C14H20BrNO2. The third kappa shape index (κ3) is 4.10. The van der Waals surface area contributed by atoms with E-state index in [1.807, 2.05) is 45.0 Å². The molecule has 0 saturated carbocycles. The zero-order chi connectivity index (χ0) is 13.7. The Kier molecular flexibility index (Phi) is 5.82. The summed E-state index contributed by atoms with van der Waals surface area (Å²) >= 11 is 3.37. The molecule has 0 bridgehead atoms. The van der Waals surface area contributed by atoms with Crippen molar-refractivity contribution in [2.75, 3.05) is 6.61 Å². The van der Waals surface area contributed by atoms with Crippen LogP contribution in [-0.4, -0.2) is 23.7 Å². The topological polar surface area (TPSA) is 49.3 Å². The fraction of sp³-hybridized carbons (Fsp3) is 0.500. The van der Waals surface area contributed by atoms with Crippen molar-refractivity contribution >= 4 is 21.8 Å². The Labute approximate surface area is 117 Å². The molecule has 0 aliphatic rings. The van der Waals surface area contributed by atoms with Crippen LogP contribution in [0.2, 0.25) is 0 Å². The molecule has 2 N–H and O–H groups in total. The average molecular weight is 314 g/mol. The Morgan fingerprint density at radius 1 is 1.28 bits per heavy atom. The summed E-state index contributed by atoms with van der Waals surface area (Å²) in [5.74, 6) is -0.136. The molecule has 18 heavy (non-hydrogen) atoms. The van der Waals surface area contributed by atoms with E-state index in [0.717, 1.165) is 10.0 Å². The summed E-state index contributed by atoms with van der Waals surface area (Å²) in [6.07, 6.45) is 0. The molecule has 1 rings (SSSR count). The van der Waals surface area contributed by atoms with Crippen LogP contribution in [0.15, 0.2) is 28.7 Å². The van der Waals surface area contributed by atoms with Gasteiger partial charge in [-0.05, 0) is 37.5 Å². The van der Waals surface area contributed by atoms with Gasteiger partial charge in [0.2, 0.25) is 5.91 Å². The lowest BCUT2D eigenvalue weighted by Gasteiger charge is -2.21. The minimum Gasteiger partial charge on any atom is -0.396 e. The van der Waals surface area contributed by atoms with Crippen molar-refractivity contribution < 1.29 is 9.90 Å². The van der Waals surface area contributed by atoms with Crippen LogP contribution in [0.25, 0.3) is 0 Å². The molecule has 4 heteroatoms.